The number of thiophene rings is 1. The standard InChI is InChI=1S/C13H15ClN2OS/c1-2-4-12-15-11(14)9-13(16-12)17-7-6-10-5-3-8-18-10/h3,5,8-9H,2,4,6-7H2,1H3. The number of halogens is 1. The highest BCUT2D eigenvalue weighted by atomic mass is 35.5. The van der Waals surface area contributed by atoms with E-state index in [1.165, 1.54) is 4.88 Å². The second-order valence-corrected chi connectivity index (χ2v) is 5.29. The Morgan fingerprint density at radius 2 is 2.22 bits per heavy atom. The van der Waals surface area contributed by atoms with E-state index in [1.54, 1.807) is 17.4 Å². The van der Waals surface area contributed by atoms with Crippen LogP contribution in [0.25, 0.3) is 0 Å². The molecule has 0 spiro atoms. The molecule has 18 heavy (non-hydrogen) atoms. The average molecular weight is 283 g/mol. The van der Waals surface area contributed by atoms with Gasteiger partial charge in [-0.15, -0.1) is 11.3 Å². The summed E-state index contributed by atoms with van der Waals surface area (Å²) >= 11 is 7.67. The minimum Gasteiger partial charge on any atom is -0.477 e. The number of aromatic nitrogens is 2. The Bertz CT molecular complexity index is 488. The van der Waals surface area contributed by atoms with Gasteiger partial charge in [0, 0.05) is 23.8 Å². The van der Waals surface area contributed by atoms with Crippen LogP contribution >= 0.6 is 22.9 Å². The maximum atomic E-state index is 5.94. The molecule has 2 aromatic heterocycles. The molecule has 0 unspecified atom stereocenters. The van der Waals surface area contributed by atoms with E-state index in [0.717, 1.165) is 25.1 Å². The number of rotatable bonds is 6. The van der Waals surface area contributed by atoms with Crippen molar-refractivity contribution in [2.45, 2.75) is 26.2 Å². The van der Waals surface area contributed by atoms with E-state index in [0.29, 0.717) is 17.6 Å². The first-order valence-electron chi connectivity index (χ1n) is 5.96. The third kappa shape index (κ3) is 3.96. The van der Waals surface area contributed by atoms with Crippen LogP contribution in [0.4, 0.5) is 0 Å². The molecule has 3 nitrogen and oxygen atoms in total. The van der Waals surface area contributed by atoms with Crippen molar-refractivity contribution in [1.29, 1.82) is 0 Å². The Kier molecular flexibility index (Phi) is 4.96. The van der Waals surface area contributed by atoms with Gasteiger partial charge in [0.05, 0.1) is 6.61 Å². The second kappa shape index (κ2) is 6.71. The zero-order valence-electron chi connectivity index (χ0n) is 10.2. The van der Waals surface area contributed by atoms with E-state index in [-0.39, 0.29) is 0 Å². The molecule has 0 amide bonds. The quantitative estimate of drug-likeness (QED) is 0.757. The van der Waals surface area contributed by atoms with Crippen molar-refractivity contribution in [1.82, 2.24) is 9.97 Å². The molecule has 5 heteroatoms. The average Bonchev–Trinajstić information content (AvgIpc) is 2.82. The van der Waals surface area contributed by atoms with Gasteiger partial charge in [-0.1, -0.05) is 24.6 Å². The molecule has 0 saturated heterocycles. The second-order valence-electron chi connectivity index (χ2n) is 3.87. The number of nitrogens with zero attached hydrogens (tertiary/aromatic N) is 2. The molecule has 0 saturated carbocycles. The maximum absolute atomic E-state index is 5.94. The molecular weight excluding hydrogens is 268 g/mol. The molecule has 2 aromatic rings. The minimum absolute atomic E-state index is 0.444. The summed E-state index contributed by atoms with van der Waals surface area (Å²) in [5.74, 6) is 1.31. The number of ether oxygens (including phenoxy) is 1. The fourth-order valence-electron chi connectivity index (χ4n) is 1.56. The largest absolute Gasteiger partial charge is 0.477 e. The Hall–Kier alpha value is -1.13. The van der Waals surface area contributed by atoms with Crippen LogP contribution in [-0.4, -0.2) is 16.6 Å². The van der Waals surface area contributed by atoms with Gasteiger partial charge < -0.3 is 4.74 Å². The van der Waals surface area contributed by atoms with Gasteiger partial charge >= 0.3 is 0 Å². The van der Waals surface area contributed by atoms with Crippen LogP contribution in [0, 0.1) is 0 Å². The Labute approximate surface area is 116 Å². The van der Waals surface area contributed by atoms with Gasteiger partial charge in [0.15, 0.2) is 0 Å². The molecule has 0 radical (unpaired) electrons. The first-order valence-corrected chi connectivity index (χ1v) is 7.22. The van der Waals surface area contributed by atoms with Crippen molar-refractivity contribution in [3.63, 3.8) is 0 Å². The molecular formula is C13H15ClN2OS. The molecule has 0 aliphatic carbocycles. The zero-order valence-corrected chi connectivity index (χ0v) is 11.8. The van der Waals surface area contributed by atoms with Gasteiger partial charge in [0.1, 0.15) is 11.0 Å². The molecule has 0 aliphatic heterocycles. The van der Waals surface area contributed by atoms with E-state index in [9.17, 15) is 0 Å². The van der Waals surface area contributed by atoms with Crippen molar-refractivity contribution >= 4 is 22.9 Å². The Balaban J connectivity index is 1.92. The van der Waals surface area contributed by atoms with Gasteiger partial charge in [0.2, 0.25) is 5.88 Å². The van der Waals surface area contributed by atoms with E-state index < -0.39 is 0 Å². The first kappa shape index (κ1) is 13.3. The zero-order chi connectivity index (χ0) is 12.8. The maximum Gasteiger partial charge on any atom is 0.218 e. The molecule has 0 N–H and O–H groups in total. The Morgan fingerprint density at radius 3 is 2.94 bits per heavy atom. The highest BCUT2D eigenvalue weighted by molar-refractivity contribution is 7.09. The normalized spacial score (nSPS) is 10.6. The van der Waals surface area contributed by atoms with Gasteiger partial charge in [0.25, 0.3) is 0 Å². The highest BCUT2D eigenvalue weighted by Crippen LogP contribution is 2.15. The summed E-state index contributed by atoms with van der Waals surface area (Å²) in [6.07, 6.45) is 2.71. The lowest BCUT2D eigenvalue weighted by molar-refractivity contribution is 0.308. The lowest BCUT2D eigenvalue weighted by atomic mass is 10.3. The van der Waals surface area contributed by atoms with Crippen LogP contribution in [0.5, 0.6) is 5.88 Å². The van der Waals surface area contributed by atoms with Gasteiger partial charge in [-0.3, -0.25) is 0 Å². The van der Waals surface area contributed by atoms with Crippen LogP contribution in [-0.2, 0) is 12.8 Å². The van der Waals surface area contributed by atoms with Gasteiger partial charge in [-0.25, -0.2) is 4.98 Å². The molecule has 2 heterocycles. The molecule has 0 aliphatic rings. The van der Waals surface area contributed by atoms with Crippen molar-refractivity contribution in [2.24, 2.45) is 0 Å². The number of aryl methyl sites for hydroxylation is 1. The SMILES string of the molecule is CCCc1nc(Cl)cc(OCCc2cccs2)n1. The van der Waals surface area contributed by atoms with Crippen LogP contribution < -0.4 is 4.74 Å². The number of hydrogen-bond acceptors (Lipinski definition) is 4. The predicted octanol–water partition coefficient (Wildman–Crippen LogP) is 3.77. The summed E-state index contributed by atoms with van der Waals surface area (Å²) in [6, 6.07) is 5.81. The lowest BCUT2D eigenvalue weighted by Gasteiger charge is -2.06. The lowest BCUT2D eigenvalue weighted by Crippen LogP contribution is -2.04. The summed E-state index contributed by atoms with van der Waals surface area (Å²) in [7, 11) is 0. The van der Waals surface area contributed by atoms with Crippen LogP contribution in [0.1, 0.15) is 24.0 Å². The van der Waals surface area contributed by atoms with Crippen molar-refractivity contribution < 1.29 is 4.74 Å². The van der Waals surface area contributed by atoms with Crippen LogP contribution in [0.15, 0.2) is 23.6 Å². The monoisotopic (exact) mass is 282 g/mol. The third-order valence-electron chi connectivity index (χ3n) is 2.37. The summed E-state index contributed by atoms with van der Waals surface area (Å²) < 4.78 is 5.62. The summed E-state index contributed by atoms with van der Waals surface area (Å²) in [6.45, 7) is 2.70. The topological polar surface area (TPSA) is 35.0 Å². The number of hydrogen-bond donors (Lipinski definition) is 0. The van der Waals surface area contributed by atoms with Gasteiger partial charge in [-0.05, 0) is 17.9 Å². The molecule has 0 bridgehead atoms. The smallest absolute Gasteiger partial charge is 0.218 e. The molecule has 2 rings (SSSR count). The fourth-order valence-corrected chi connectivity index (χ4v) is 2.44. The summed E-state index contributed by atoms with van der Waals surface area (Å²) in [5, 5.41) is 2.51. The van der Waals surface area contributed by atoms with E-state index >= 15 is 0 Å². The van der Waals surface area contributed by atoms with Crippen molar-refractivity contribution in [2.75, 3.05) is 6.61 Å². The van der Waals surface area contributed by atoms with Crippen LogP contribution in [0.2, 0.25) is 5.15 Å². The van der Waals surface area contributed by atoms with Crippen LogP contribution in [0.3, 0.4) is 0 Å². The Morgan fingerprint density at radius 1 is 1.33 bits per heavy atom. The summed E-state index contributed by atoms with van der Waals surface area (Å²) in [4.78, 5) is 9.79. The van der Waals surface area contributed by atoms with Crippen molar-refractivity contribution in [3.8, 4) is 5.88 Å². The van der Waals surface area contributed by atoms with Gasteiger partial charge in [-0.2, -0.15) is 4.98 Å². The minimum atomic E-state index is 0.444. The molecule has 96 valence electrons. The van der Waals surface area contributed by atoms with E-state index in [2.05, 4.69) is 28.3 Å². The van der Waals surface area contributed by atoms with E-state index in [4.69, 9.17) is 16.3 Å². The highest BCUT2D eigenvalue weighted by Gasteiger charge is 2.04. The fraction of sp³-hybridized carbons (Fsp3) is 0.385. The predicted molar refractivity (Wildman–Crippen MR) is 74.6 cm³/mol. The van der Waals surface area contributed by atoms with E-state index in [1.807, 2.05) is 6.07 Å². The first-order chi connectivity index (χ1) is 8.78. The van der Waals surface area contributed by atoms with Crippen molar-refractivity contribution in [3.05, 3.63) is 39.4 Å². The third-order valence-corrected chi connectivity index (χ3v) is 3.50. The summed E-state index contributed by atoms with van der Waals surface area (Å²) in [5.41, 5.74) is 0. The molecule has 0 atom stereocenters. The molecule has 0 aromatic carbocycles. The molecule has 0 fully saturated rings.